The molecule has 0 aliphatic carbocycles. The molecule has 0 aromatic carbocycles. The summed E-state index contributed by atoms with van der Waals surface area (Å²) in [5.41, 5.74) is 0. The third-order valence-corrected chi connectivity index (χ3v) is 4.51. The number of carbonyl (C=O) groups excluding carboxylic acids is 2. The molecule has 0 aromatic heterocycles. The van der Waals surface area contributed by atoms with Gasteiger partial charge in [-0.3, -0.25) is 9.59 Å². The standard InChI is InChI=1S/C11H19N3O2S/c1-8(15)14-7-17-6-10(14)11(16)13(2)9-3-4-12-5-9/h9-10,12H,3-7H2,1-2H3. The average Bonchev–Trinajstić information content (AvgIpc) is 2.97. The minimum atomic E-state index is -0.261. The summed E-state index contributed by atoms with van der Waals surface area (Å²) in [5.74, 6) is 1.44. The maximum atomic E-state index is 12.3. The summed E-state index contributed by atoms with van der Waals surface area (Å²) >= 11 is 1.65. The highest BCUT2D eigenvalue weighted by atomic mass is 32.2. The highest BCUT2D eigenvalue weighted by Crippen LogP contribution is 2.23. The Balaban J connectivity index is 2.00. The summed E-state index contributed by atoms with van der Waals surface area (Å²) in [6, 6.07) is 0.0185. The van der Waals surface area contributed by atoms with E-state index in [0.29, 0.717) is 5.88 Å². The van der Waals surface area contributed by atoms with Gasteiger partial charge in [-0.25, -0.2) is 0 Å². The second-order valence-electron chi connectivity index (χ2n) is 4.60. The molecular formula is C11H19N3O2S. The lowest BCUT2D eigenvalue weighted by Gasteiger charge is -2.30. The predicted molar refractivity (Wildman–Crippen MR) is 67.7 cm³/mol. The zero-order valence-corrected chi connectivity index (χ0v) is 11.1. The normalized spacial score (nSPS) is 28.5. The smallest absolute Gasteiger partial charge is 0.246 e. The zero-order chi connectivity index (χ0) is 12.4. The second kappa shape index (κ2) is 5.27. The average molecular weight is 257 g/mol. The zero-order valence-electron chi connectivity index (χ0n) is 10.3. The van der Waals surface area contributed by atoms with E-state index in [1.54, 1.807) is 16.7 Å². The number of carbonyl (C=O) groups is 2. The van der Waals surface area contributed by atoms with Crippen molar-refractivity contribution in [1.29, 1.82) is 0 Å². The van der Waals surface area contributed by atoms with Gasteiger partial charge >= 0.3 is 0 Å². The van der Waals surface area contributed by atoms with Crippen LogP contribution >= 0.6 is 11.8 Å². The predicted octanol–water partition coefficient (Wildman–Crippen LogP) is -0.272. The molecule has 2 rings (SSSR count). The van der Waals surface area contributed by atoms with Gasteiger partial charge in [-0.1, -0.05) is 0 Å². The molecule has 6 heteroatoms. The number of amides is 2. The van der Waals surface area contributed by atoms with E-state index in [1.807, 2.05) is 11.9 Å². The van der Waals surface area contributed by atoms with Crippen LogP contribution in [0.5, 0.6) is 0 Å². The topological polar surface area (TPSA) is 52.7 Å². The van der Waals surface area contributed by atoms with E-state index in [9.17, 15) is 9.59 Å². The van der Waals surface area contributed by atoms with Crippen molar-refractivity contribution in [3.8, 4) is 0 Å². The van der Waals surface area contributed by atoms with Crippen LogP contribution in [0.4, 0.5) is 0 Å². The maximum absolute atomic E-state index is 12.3. The molecule has 2 amide bonds. The van der Waals surface area contributed by atoms with E-state index in [0.717, 1.165) is 25.3 Å². The number of hydrogen-bond acceptors (Lipinski definition) is 4. The third kappa shape index (κ3) is 2.57. The lowest BCUT2D eigenvalue weighted by Crippen LogP contribution is -2.50. The van der Waals surface area contributed by atoms with E-state index in [-0.39, 0.29) is 23.9 Å². The van der Waals surface area contributed by atoms with Gasteiger partial charge in [0.05, 0.1) is 5.88 Å². The third-order valence-electron chi connectivity index (χ3n) is 3.50. The Morgan fingerprint density at radius 2 is 2.24 bits per heavy atom. The Bertz CT molecular complexity index is 318. The van der Waals surface area contributed by atoms with Crippen molar-refractivity contribution in [2.24, 2.45) is 0 Å². The van der Waals surface area contributed by atoms with Crippen LogP contribution in [0.15, 0.2) is 0 Å². The molecule has 2 unspecified atom stereocenters. The summed E-state index contributed by atoms with van der Waals surface area (Å²) in [5, 5.41) is 3.25. The number of likely N-dealkylation sites (N-methyl/N-ethyl adjacent to an activating group) is 1. The van der Waals surface area contributed by atoms with Crippen molar-refractivity contribution in [2.45, 2.75) is 25.4 Å². The van der Waals surface area contributed by atoms with E-state index in [2.05, 4.69) is 5.32 Å². The Kier molecular flexibility index (Phi) is 3.93. The first-order valence-corrected chi connectivity index (χ1v) is 7.09. The first-order valence-electron chi connectivity index (χ1n) is 5.93. The van der Waals surface area contributed by atoms with Gasteiger partial charge in [0.25, 0.3) is 0 Å². The van der Waals surface area contributed by atoms with Gasteiger partial charge in [-0.15, -0.1) is 11.8 Å². The summed E-state index contributed by atoms with van der Waals surface area (Å²) in [4.78, 5) is 27.3. The molecule has 0 radical (unpaired) electrons. The molecule has 1 N–H and O–H groups in total. The molecule has 17 heavy (non-hydrogen) atoms. The fraction of sp³-hybridized carbons (Fsp3) is 0.818. The van der Waals surface area contributed by atoms with Crippen LogP contribution in [0.1, 0.15) is 13.3 Å². The van der Waals surface area contributed by atoms with Crippen LogP contribution in [-0.2, 0) is 9.59 Å². The lowest BCUT2D eigenvalue weighted by atomic mass is 10.2. The lowest BCUT2D eigenvalue weighted by molar-refractivity contribution is -0.142. The van der Waals surface area contributed by atoms with E-state index in [1.165, 1.54) is 6.92 Å². The molecule has 2 heterocycles. The van der Waals surface area contributed by atoms with Crippen molar-refractivity contribution in [3.63, 3.8) is 0 Å². The Morgan fingerprint density at radius 3 is 2.82 bits per heavy atom. The second-order valence-corrected chi connectivity index (χ2v) is 5.60. The van der Waals surface area contributed by atoms with Crippen LogP contribution in [0.2, 0.25) is 0 Å². The van der Waals surface area contributed by atoms with Gasteiger partial charge < -0.3 is 15.1 Å². The van der Waals surface area contributed by atoms with Crippen molar-refractivity contribution in [1.82, 2.24) is 15.1 Å². The van der Waals surface area contributed by atoms with Gasteiger partial charge in [0.15, 0.2) is 0 Å². The molecule has 2 saturated heterocycles. The van der Waals surface area contributed by atoms with Crippen molar-refractivity contribution >= 4 is 23.6 Å². The van der Waals surface area contributed by atoms with Gasteiger partial charge in [-0.2, -0.15) is 0 Å². The molecule has 2 atom stereocenters. The van der Waals surface area contributed by atoms with Gasteiger partial charge in [0, 0.05) is 32.3 Å². The van der Waals surface area contributed by atoms with Crippen molar-refractivity contribution in [3.05, 3.63) is 0 Å². The van der Waals surface area contributed by atoms with Gasteiger partial charge in [-0.05, 0) is 13.0 Å². The van der Waals surface area contributed by atoms with E-state index in [4.69, 9.17) is 0 Å². The van der Waals surface area contributed by atoms with Crippen LogP contribution in [-0.4, -0.2) is 65.5 Å². The molecule has 96 valence electrons. The van der Waals surface area contributed by atoms with Crippen molar-refractivity contribution in [2.75, 3.05) is 31.8 Å². The molecule has 2 aliphatic heterocycles. The molecule has 0 bridgehead atoms. The SMILES string of the molecule is CC(=O)N1CSCC1C(=O)N(C)C1CCNC1. The monoisotopic (exact) mass is 257 g/mol. The van der Waals surface area contributed by atoms with Gasteiger partial charge in [0.2, 0.25) is 11.8 Å². The van der Waals surface area contributed by atoms with Crippen LogP contribution in [0.25, 0.3) is 0 Å². The van der Waals surface area contributed by atoms with E-state index >= 15 is 0 Å². The number of hydrogen-bond donors (Lipinski definition) is 1. The number of nitrogens with zero attached hydrogens (tertiary/aromatic N) is 2. The van der Waals surface area contributed by atoms with E-state index < -0.39 is 0 Å². The minimum Gasteiger partial charge on any atom is -0.340 e. The summed E-state index contributed by atoms with van der Waals surface area (Å²) < 4.78 is 0. The molecule has 0 saturated carbocycles. The summed E-state index contributed by atoms with van der Waals surface area (Å²) in [6.07, 6.45) is 1.00. The molecule has 2 aliphatic rings. The Morgan fingerprint density at radius 1 is 1.47 bits per heavy atom. The van der Waals surface area contributed by atoms with Gasteiger partial charge in [0.1, 0.15) is 6.04 Å². The molecule has 5 nitrogen and oxygen atoms in total. The molecule has 0 spiro atoms. The van der Waals surface area contributed by atoms with Crippen molar-refractivity contribution < 1.29 is 9.59 Å². The quantitative estimate of drug-likeness (QED) is 0.740. The van der Waals surface area contributed by atoms with Crippen LogP contribution in [0, 0.1) is 0 Å². The number of rotatable bonds is 2. The minimum absolute atomic E-state index is 0.00806. The first-order chi connectivity index (χ1) is 8.11. The highest BCUT2D eigenvalue weighted by molar-refractivity contribution is 7.99. The summed E-state index contributed by atoms with van der Waals surface area (Å²) in [7, 11) is 1.85. The fourth-order valence-corrected chi connectivity index (χ4v) is 3.55. The molecule has 2 fully saturated rings. The van der Waals surface area contributed by atoms with Crippen LogP contribution in [0.3, 0.4) is 0 Å². The maximum Gasteiger partial charge on any atom is 0.246 e. The number of thioether (sulfide) groups is 1. The molecular weight excluding hydrogens is 238 g/mol. The van der Waals surface area contributed by atoms with Crippen LogP contribution < -0.4 is 5.32 Å². The number of nitrogens with one attached hydrogen (secondary N) is 1. The Labute approximate surface area is 106 Å². The first kappa shape index (κ1) is 12.7. The molecule has 0 aromatic rings. The summed E-state index contributed by atoms with van der Waals surface area (Å²) in [6.45, 7) is 3.36. The highest BCUT2D eigenvalue weighted by Gasteiger charge is 2.36. The largest absolute Gasteiger partial charge is 0.340 e. The Hall–Kier alpha value is -0.750. The fourth-order valence-electron chi connectivity index (χ4n) is 2.34.